The molecule has 0 radical (unpaired) electrons. The van der Waals surface area contributed by atoms with Crippen LogP contribution in [0.3, 0.4) is 0 Å². The second-order valence-corrected chi connectivity index (χ2v) is 17.2. The quantitative estimate of drug-likeness (QED) is 0.0221. The van der Waals surface area contributed by atoms with E-state index in [0.29, 0.717) is 12.8 Å². The van der Waals surface area contributed by atoms with Crippen molar-refractivity contribution in [3.8, 4) is 0 Å². The van der Waals surface area contributed by atoms with Crippen molar-refractivity contribution in [3.05, 3.63) is 24.3 Å². The number of hydrogen-bond acceptors (Lipinski definition) is 10. The first-order chi connectivity index (χ1) is 28.7. The molecule has 0 aromatic carbocycles. The Morgan fingerprint density at radius 1 is 0.576 bits per heavy atom. The lowest BCUT2D eigenvalue weighted by molar-refractivity contribution is -0.303. The number of carbonyl (C=O) groups is 1. The number of nitrogens with one attached hydrogen (secondary N) is 1. The van der Waals surface area contributed by atoms with E-state index in [0.717, 1.165) is 44.9 Å². The third kappa shape index (κ3) is 28.0. The molecule has 0 aliphatic carbocycles. The van der Waals surface area contributed by atoms with Crippen LogP contribution in [0.15, 0.2) is 24.3 Å². The second-order valence-electron chi connectivity index (χ2n) is 17.2. The average molecular weight is 842 g/mol. The molecule has 59 heavy (non-hydrogen) atoms. The van der Waals surface area contributed by atoms with E-state index in [1.165, 1.54) is 122 Å². The smallest absolute Gasteiger partial charge is 0.249 e. The van der Waals surface area contributed by atoms with Crippen LogP contribution in [-0.2, 0) is 14.3 Å². The van der Waals surface area contributed by atoms with Gasteiger partial charge in [-0.05, 0) is 64.2 Å². The summed E-state index contributed by atoms with van der Waals surface area (Å²) in [5.74, 6) is -0.712. The SMILES string of the molecule is CCCCCC/C=C/CCCC(O)C(O)C(COC1OC(CO)C(O)C(O)C1O)NC(=O)C(O)CCCCCCCCC/C=C\CCCCCCCCCCCCCC. The molecule has 348 valence electrons. The van der Waals surface area contributed by atoms with Crippen LogP contribution in [0.5, 0.6) is 0 Å². The highest BCUT2D eigenvalue weighted by Crippen LogP contribution is 2.23. The Kier molecular flexibility index (Phi) is 36.1. The van der Waals surface area contributed by atoms with Gasteiger partial charge in [0.1, 0.15) is 36.6 Å². The van der Waals surface area contributed by atoms with Gasteiger partial charge in [-0.1, -0.05) is 167 Å². The highest BCUT2D eigenvalue weighted by Gasteiger charge is 2.44. The summed E-state index contributed by atoms with van der Waals surface area (Å²) >= 11 is 0. The van der Waals surface area contributed by atoms with Crippen molar-refractivity contribution in [3.63, 3.8) is 0 Å². The van der Waals surface area contributed by atoms with E-state index in [9.17, 15) is 40.5 Å². The van der Waals surface area contributed by atoms with Crippen molar-refractivity contribution >= 4 is 5.91 Å². The Hall–Kier alpha value is -1.41. The van der Waals surface area contributed by atoms with Crippen LogP contribution in [0.25, 0.3) is 0 Å². The number of ether oxygens (including phenoxy) is 2. The zero-order valence-corrected chi connectivity index (χ0v) is 37.5. The minimum absolute atomic E-state index is 0.250. The predicted octanol–water partition coefficient (Wildman–Crippen LogP) is 8.23. The summed E-state index contributed by atoms with van der Waals surface area (Å²) in [4.78, 5) is 13.1. The van der Waals surface area contributed by atoms with Crippen LogP contribution >= 0.6 is 0 Å². The minimum atomic E-state index is -1.67. The van der Waals surface area contributed by atoms with E-state index in [1.807, 2.05) is 0 Å². The summed E-state index contributed by atoms with van der Waals surface area (Å²) < 4.78 is 11.0. The molecule has 8 N–H and O–H groups in total. The van der Waals surface area contributed by atoms with Crippen molar-refractivity contribution in [1.29, 1.82) is 0 Å². The molecule has 1 saturated heterocycles. The maximum absolute atomic E-state index is 13.1. The van der Waals surface area contributed by atoms with Gasteiger partial charge in [0.15, 0.2) is 6.29 Å². The molecule has 9 atom stereocenters. The molecular formula is C48H91NO10. The van der Waals surface area contributed by atoms with E-state index in [4.69, 9.17) is 9.47 Å². The molecule has 0 aromatic heterocycles. The topological polar surface area (TPSA) is 189 Å². The van der Waals surface area contributed by atoms with Crippen molar-refractivity contribution in [2.24, 2.45) is 0 Å². The summed E-state index contributed by atoms with van der Waals surface area (Å²) in [6, 6.07) is -1.18. The highest BCUT2D eigenvalue weighted by molar-refractivity contribution is 5.80. The zero-order chi connectivity index (χ0) is 43.4. The van der Waals surface area contributed by atoms with E-state index >= 15 is 0 Å². The molecule has 0 saturated carbocycles. The van der Waals surface area contributed by atoms with Crippen molar-refractivity contribution in [2.45, 2.75) is 262 Å². The summed E-state index contributed by atoms with van der Waals surface area (Å²) in [5.41, 5.74) is 0. The normalized spacial score (nSPS) is 21.9. The van der Waals surface area contributed by atoms with Gasteiger partial charge in [-0.3, -0.25) is 4.79 Å². The molecule has 1 fully saturated rings. The number of aliphatic hydroxyl groups is 7. The van der Waals surface area contributed by atoms with Gasteiger partial charge in [0, 0.05) is 0 Å². The molecule has 1 amide bonds. The second kappa shape index (κ2) is 38.3. The number of aliphatic hydroxyl groups excluding tert-OH is 7. The maximum Gasteiger partial charge on any atom is 0.249 e. The van der Waals surface area contributed by atoms with Gasteiger partial charge in [0.05, 0.1) is 25.4 Å². The lowest BCUT2D eigenvalue weighted by atomic mass is 9.98. The van der Waals surface area contributed by atoms with Gasteiger partial charge < -0.3 is 50.5 Å². The van der Waals surface area contributed by atoms with Gasteiger partial charge >= 0.3 is 0 Å². The Balaban J connectivity index is 2.34. The van der Waals surface area contributed by atoms with E-state index < -0.39 is 74.2 Å². The summed E-state index contributed by atoms with van der Waals surface area (Å²) in [5, 5.41) is 75.4. The van der Waals surface area contributed by atoms with Gasteiger partial charge in [0.2, 0.25) is 5.91 Å². The first-order valence-electron chi connectivity index (χ1n) is 24.2. The molecule has 0 aromatic rings. The third-order valence-corrected chi connectivity index (χ3v) is 11.7. The Labute approximate surface area is 359 Å². The summed E-state index contributed by atoms with van der Waals surface area (Å²) in [6.45, 7) is 3.38. The Morgan fingerprint density at radius 3 is 1.47 bits per heavy atom. The predicted molar refractivity (Wildman–Crippen MR) is 238 cm³/mol. The summed E-state index contributed by atoms with van der Waals surface area (Å²) in [7, 11) is 0. The van der Waals surface area contributed by atoms with Crippen LogP contribution in [0.2, 0.25) is 0 Å². The largest absolute Gasteiger partial charge is 0.394 e. The fourth-order valence-corrected chi connectivity index (χ4v) is 7.67. The molecular weight excluding hydrogens is 751 g/mol. The van der Waals surface area contributed by atoms with Gasteiger partial charge in [0.25, 0.3) is 0 Å². The van der Waals surface area contributed by atoms with E-state index in [1.54, 1.807) is 0 Å². The fourth-order valence-electron chi connectivity index (χ4n) is 7.67. The molecule has 0 spiro atoms. The minimum Gasteiger partial charge on any atom is -0.394 e. The Morgan fingerprint density at radius 2 is 1.00 bits per heavy atom. The highest BCUT2D eigenvalue weighted by atomic mass is 16.7. The molecule has 1 aliphatic rings. The molecule has 11 nitrogen and oxygen atoms in total. The molecule has 1 rings (SSSR count). The first-order valence-corrected chi connectivity index (χ1v) is 24.2. The lowest BCUT2D eigenvalue weighted by Gasteiger charge is -2.40. The van der Waals surface area contributed by atoms with Gasteiger partial charge in [-0.25, -0.2) is 0 Å². The third-order valence-electron chi connectivity index (χ3n) is 11.7. The van der Waals surface area contributed by atoms with Crippen molar-refractivity contribution in [1.82, 2.24) is 5.32 Å². The van der Waals surface area contributed by atoms with Crippen LogP contribution in [0, 0.1) is 0 Å². The maximum atomic E-state index is 13.1. The van der Waals surface area contributed by atoms with Crippen molar-refractivity contribution in [2.75, 3.05) is 13.2 Å². The number of rotatable bonds is 40. The standard InChI is InChI=1S/C48H91NO10/c1-3-5-7-9-11-13-14-15-16-17-18-19-20-21-22-23-24-25-26-28-30-32-34-36-41(52)47(57)49-39(38-58-48-46(56)45(55)44(54)42(37-50)59-48)43(53)40(51)35-33-31-29-27-12-10-8-6-4-2/h21-22,27,29,39-46,48,50-56H,3-20,23-26,28,30-38H2,1-2H3,(H,49,57)/b22-21-,29-27+. The van der Waals surface area contributed by atoms with E-state index in [-0.39, 0.29) is 12.8 Å². The molecule has 0 bridgehead atoms. The number of unbranched alkanes of at least 4 members (excludes halogenated alkanes) is 24. The van der Waals surface area contributed by atoms with Gasteiger partial charge in [-0.2, -0.15) is 0 Å². The Bertz CT molecular complexity index is 1010. The number of allylic oxidation sites excluding steroid dienone is 4. The zero-order valence-electron chi connectivity index (χ0n) is 37.5. The van der Waals surface area contributed by atoms with Crippen LogP contribution in [0.1, 0.15) is 206 Å². The lowest BCUT2D eigenvalue weighted by Crippen LogP contribution is -2.60. The molecule has 1 aliphatic heterocycles. The number of carbonyl (C=O) groups excluding carboxylic acids is 1. The number of amides is 1. The first kappa shape index (κ1) is 55.6. The van der Waals surface area contributed by atoms with Crippen LogP contribution in [0.4, 0.5) is 0 Å². The van der Waals surface area contributed by atoms with Crippen molar-refractivity contribution < 1.29 is 50.0 Å². The average Bonchev–Trinajstić information content (AvgIpc) is 3.23. The fraction of sp³-hybridized carbons (Fsp3) is 0.896. The van der Waals surface area contributed by atoms with E-state index in [2.05, 4.69) is 43.5 Å². The monoisotopic (exact) mass is 842 g/mol. The molecule has 11 heteroatoms. The van der Waals surface area contributed by atoms with Gasteiger partial charge in [-0.15, -0.1) is 0 Å². The molecule has 9 unspecified atom stereocenters. The van der Waals surface area contributed by atoms with Crippen LogP contribution in [-0.4, -0.2) is 110 Å². The molecule has 1 heterocycles. The number of hydrogen-bond donors (Lipinski definition) is 8. The van der Waals surface area contributed by atoms with Crippen LogP contribution < -0.4 is 5.32 Å². The summed E-state index contributed by atoms with van der Waals surface area (Å²) in [6.07, 6.45) is 31.1.